The number of halogens is 1. The monoisotopic (exact) mass is 356 g/mol. The molecular weight excluding hydrogens is 335 g/mol. The van der Waals surface area contributed by atoms with E-state index in [1.54, 1.807) is 17.0 Å². The molecule has 2 heterocycles. The van der Waals surface area contributed by atoms with Gasteiger partial charge < -0.3 is 14.7 Å². The van der Waals surface area contributed by atoms with Crippen LogP contribution in [0.3, 0.4) is 0 Å². The number of ether oxygens (including phenoxy) is 1. The molecule has 3 atom stereocenters. The number of nitrogens with zero attached hydrogens (tertiary/aromatic N) is 2. The first kappa shape index (κ1) is 17.0. The molecule has 0 unspecified atom stereocenters. The van der Waals surface area contributed by atoms with Gasteiger partial charge >= 0.3 is 6.09 Å². The molecule has 1 aliphatic carbocycles. The van der Waals surface area contributed by atoms with Crippen LogP contribution in [0.2, 0.25) is 0 Å². The predicted molar refractivity (Wildman–Crippen MR) is 92.5 cm³/mol. The van der Waals surface area contributed by atoms with E-state index in [-0.39, 0.29) is 30.1 Å². The van der Waals surface area contributed by atoms with Crippen molar-refractivity contribution in [1.29, 1.82) is 0 Å². The fourth-order valence-electron chi connectivity index (χ4n) is 4.26. The minimum atomic E-state index is -1.20. The predicted octanol–water partition coefficient (Wildman–Crippen LogP) is 3.09. The Kier molecular flexibility index (Phi) is 4.36. The maximum atomic E-state index is 14.0. The van der Waals surface area contributed by atoms with E-state index in [1.807, 2.05) is 30.3 Å². The number of benzene rings is 1. The summed E-state index contributed by atoms with van der Waals surface area (Å²) in [5.41, 5.74) is 0.00235. The van der Waals surface area contributed by atoms with Gasteiger partial charge in [0.05, 0.1) is 5.60 Å². The van der Waals surface area contributed by atoms with Crippen molar-refractivity contribution in [2.45, 2.75) is 25.0 Å². The molecule has 1 amide bonds. The zero-order chi connectivity index (χ0) is 18.1. The molecular formula is C20H21FN2O3. The average Bonchev–Trinajstić information content (AvgIpc) is 3.16. The first-order valence-corrected chi connectivity index (χ1v) is 8.84. The van der Waals surface area contributed by atoms with Gasteiger partial charge in [0.2, 0.25) is 5.95 Å². The van der Waals surface area contributed by atoms with Gasteiger partial charge in [0, 0.05) is 24.8 Å². The van der Waals surface area contributed by atoms with Crippen molar-refractivity contribution in [2.75, 3.05) is 13.1 Å². The first-order valence-electron chi connectivity index (χ1n) is 8.84. The van der Waals surface area contributed by atoms with E-state index in [2.05, 4.69) is 4.98 Å². The highest BCUT2D eigenvalue weighted by Crippen LogP contribution is 2.49. The molecule has 0 bridgehead atoms. The van der Waals surface area contributed by atoms with Gasteiger partial charge in [0.15, 0.2) is 0 Å². The fraction of sp³-hybridized carbons (Fsp3) is 0.400. The van der Waals surface area contributed by atoms with Gasteiger partial charge in [-0.3, -0.25) is 0 Å². The number of carbonyl (C=O) groups is 1. The number of carbonyl (C=O) groups excluding carboxylic acids is 1. The lowest BCUT2D eigenvalue weighted by Crippen LogP contribution is -2.33. The summed E-state index contributed by atoms with van der Waals surface area (Å²) in [6.07, 6.45) is 1.91. The summed E-state index contributed by atoms with van der Waals surface area (Å²) in [6.45, 7) is 1.31. The Bertz CT molecular complexity index is 785. The number of pyridine rings is 1. The molecule has 1 aromatic heterocycles. The lowest BCUT2D eigenvalue weighted by atomic mass is 9.91. The number of aromatic nitrogens is 1. The molecule has 1 saturated heterocycles. The van der Waals surface area contributed by atoms with Gasteiger partial charge in [-0.15, -0.1) is 0 Å². The zero-order valence-electron chi connectivity index (χ0n) is 14.3. The third-order valence-electron chi connectivity index (χ3n) is 5.50. The molecule has 2 aromatic rings. The van der Waals surface area contributed by atoms with Crippen LogP contribution < -0.4 is 0 Å². The highest BCUT2D eigenvalue weighted by molar-refractivity contribution is 5.68. The Morgan fingerprint density at radius 3 is 2.54 bits per heavy atom. The molecule has 2 aliphatic rings. The van der Waals surface area contributed by atoms with Crippen LogP contribution in [0.4, 0.5) is 9.18 Å². The molecule has 1 aliphatic heterocycles. The van der Waals surface area contributed by atoms with Crippen LogP contribution in [0.1, 0.15) is 24.0 Å². The SMILES string of the molecule is O=C(OCc1ccccc1)N1C[C@@H]2C[C@@](O)(c3cccnc3F)C[C@@H]2C1. The highest BCUT2D eigenvalue weighted by Gasteiger charge is 2.51. The van der Waals surface area contributed by atoms with Gasteiger partial charge in [-0.1, -0.05) is 36.4 Å². The Labute approximate surface area is 151 Å². The Hall–Kier alpha value is -2.47. The number of aliphatic hydroxyl groups is 1. The summed E-state index contributed by atoms with van der Waals surface area (Å²) < 4.78 is 19.4. The summed E-state index contributed by atoms with van der Waals surface area (Å²) in [5.74, 6) is -0.332. The van der Waals surface area contributed by atoms with Crippen LogP contribution in [0.5, 0.6) is 0 Å². The van der Waals surface area contributed by atoms with Gasteiger partial charge in [-0.25, -0.2) is 9.78 Å². The van der Waals surface area contributed by atoms with Crippen LogP contribution >= 0.6 is 0 Å². The second kappa shape index (κ2) is 6.68. The number of amides is 1. The highest BCUT2D eigenvalue weighted by atomic mass is 19.1. The minimum absolute atomic E-state index is 0.142. The number of hydrogen-bond acceptors (Lipinski definition) is 4. The molecule has 4 rings (SSSR count). The van der Waals surface area contributed by atoms with E-state index in [0.717, 1.165) is 5.56 Å². The van der Waals surface area contributed by atoms with Gasteiger partial charge in [0.1, 0.15) is 6.61 Å². The first-order chi connectivity index (χ1) is 12.5. The largest absolute Gasteiger partial charge is 0.445 e. The van der Waals surface area contributed by atoms with Crippen LogP contribution in [0.15, 0.2) is 48.7 Å². The van der Waals surface area contributed by atoms with Crippen molar-refractivity contribution in [3.63, 3.8) is 0 Å². The number of likely N-dealkylation sites (tertiary alicyclic amines) is 1. The van der Waals surface area contributed by atoms with Crippen LogP contribution in [-0.2, 0) is 16.9 Å². The summed E-state index contributed by atoms with van der Waals surface area (Å²) >= 11 is 0. The van der Waals surface area contributed by atoms with E-state index in [4.69, 9.17) is 4.74 Å². The molecule has 1 N–H and O–H groups in total. The standard InChI is InChI=1S/C20H21FN2O3/c21-18-17(7-4-8-22-18)20(25)9-15-11-23(12-16(15)10-20)19(24)26-13-14-5-2-1-3-6-14/h1-8,15-16,25H,9-13H2/t15-,16+,20-. The normalized spacial score (nSPS) is 27.4. The topological polar surface area (TPSA) is 62.7 Å². The third-order valence-corrected chi connectivity index (χ3v) is 5.50. The average molecular weight is 356 g/mol. The second-order valence-electron chi connectivity index (χ2n) is 7.25. The summed E-state index contributed by atoms with van der Waals surface area (Å²) in [4.78, 5) is 17.6. The fourth-order valence-corrected chi connectivity index (χ4v) is 4.26. The van der Waals surface area contributed by atoms with E-state index in [9.17, 15) is 14.3 Å². The van der Waals surface area contributed by atoms with Crippen molar-refractivity contribution in [2.24, 2.45) is 11.8 Å². The van der Waals surface area contributed by atoms with Crippen LogP contribution in [0.25, 0.3) is 0 Å². The smallest absolute Gasteiger partial charge is 0.410 e. The quantitative estimate of drug-likeness (QED) is 0.859. The van der Waals surface area contributed by atoms with Crippen molar-refractivity contribution in [3.8, 4) is 0 Å². The summed E-state index contributed by atoms with van der Waals surface area (Å²) in [5, 5.41) is 10.9. The van der Waals surface area contributed by atoms with Crippen molar-refractivity contribution in [3.05, 3.63) is 65.7 Å². The Morgan fingerprint density at radius 2 is 1.88 bits per heavy atom. The van der Waals surface area contributed by atoms with E-state index >= 15 is 0 Å². The Morgan fingerprint density at radius 1 is 1.19 bits per heavy atom. The lowest BCUT2D eigenvalue weighted by molar-refractivity contribution is 0.0258. The molecule has 2 fully saturated rings. The lowest BCUT2D eigenvalue weighted by Gasteiger charge is -2.26. The van der Waals surface area contributed by atoms with E-state index in [0.29, 0.717) is 25.9 Å². The number of rotatable bonds is 3. The van der Waals surface area contributed by atoms with Crippen LogP contribution in [-0.4, -0.2) is 34.2 Å². The molecule has 5 nitrogen and oxygen atoms in total. The van der Waals surface area contributed by atoms with Gasteiger partial charge in [0.25, 0.3) is 0 Å². The van der Waals surface area contributed by atoms with E-state index in [1.165, 1.54) is 6.20 Å². The molecule has 6 heteroatoms. The van der Waals surface area contributed by atoms with E-state index < -0.39 is 11.5 Å². The van der Waals surface area contributed by atoms with Gasteiger partial charge in [-0.2, -0.15) is 4.39 Å². The number of hydrogen-bond donors (Lipinski definition) is 1. The summed E-state index contributed by atoms with van der Waals surface area (Å²) in [7, 11) is 0. The minimum Gasteiger partial charge on any atom is -0.445 e. The third kappa shape index (κ3) is 3.17. The molecule has 0 radical (unpaired) electrons. The van der Waals surface area contributed by atoms with Crippen LogP contribution in [0, 0.1) is 17.8 Å². The molecule has 1 saturated carbocycles. The molecule has 0 spiro atoms. The molecule has 1 aromatic carbocycles. The Balaban J connectivity index is 1.36. The molecule has 136 valence electrons. The van der Waals surface area contributed by atoms with Gasteiger partial charge in [-0.05, 0) is 36.3 Å². The molecule has 26 heavy (non-hydrogen) atoms. The second-order valence-corrected chi connectivity index (χ2v) is 7.25. The maximum Gasteiger partial charge on any atom is 0.410 e. The van der Waals surface area contributed by atoms with Crippen molar-refractivity contribution < 1.29 is 19.0 Å². The number of fused-ring (bicyclic) bond motifs is 1. The van der Waals surface area contributed by atoms with Crippen molar-refractivity contribution >= 4 is 6.09 Å². The maximum absolute atomic E-state index is 14.0. The zero-order valence-corrected chi connectivity index (χ0v) is 14.3. The van der Waals surface area contributed by atoms with Crippen molar-refractivity contribution in [1.82, 2.24) is 9.88 Å². The summed E-state index contributed by atoms with van der Waals surface area (Å²) in [6, 6.07) is 12.8.